The first-order chi connectivity index (χ1) is 15.6. The zero-order valence-corrected chi connectivity index (χ0v) is 19.5. The Balaban J connectivity index is 2.01. The maximum absolute atomic E-state index is 14.3. The second-order valence-electron chi connectivity index (χ2n) is 6.73. The highest BCUT2D eigenvalue weighted by atomic mass is 31.2. The average Bonchev–Trinajstić information content (AvgIpc) is 2.78. The van der Waals surface area contributed by atoms with E-state index in [1.165, 1.54) is 0 Å². The van der Waals surface area contributed by atoms with Crippen LogP contribution >= 0.6 is 7.59 Å². The third kappa shape index (κ3) is 6.11. The third-order valence-electron chi connectivity index (χ3n) is 4.39. The van der Waals surface area contributed by atoms with Gasteiger partial charge in [-0.05, 0) is 57.2 Å². The van der Waals surface area contributed by atoms with Gasteiger partial charge in [-0.1, -0.05) is 36.4 Å². The smallest absolute Gasteiger partial charge is 0.353 e. The van der Waals surface area contributed by atoms with E-state index in [1.54, 1.807) is 0 Å². The summed E-state index contributed by atoms with van der Waals surface area (Å²) in [6.45, 7) is 7.19. The maximum atomic E-state index is 14.3. The Bertz CT molecular complexity index is 929. The molecule has 0 atom stereocenters. The van der Waals surface area contributed by atoms with Gasteiger partial charge in [-0.3, -0.25) is 4.57 Å². The lowest BCUT2D eigenvalue weighted by molar-refractivity contribution is 0.342. The molecule has 0 amide bonds. The molecule has 3 aromatic rings. The molecule has 0 aliphatic heterocycles. The second kappa shape index (κ2) is 11.3. The quantitative estimate of drug-likeness (QED) is 0.265. The Morgan fingerprint density at radius 3 is 1.12 bits per heavy atom. The fourth-order valence-electron chi connectivity index (χ4n) is 3.11. The molecule has 0 aliphatic rings. The van der Waals surface area contributed by atoms with Gasteiger partial charge in [0.25, 0.3) is 0 Å². The van der Waals surface area contributed by atoms with Gasteiger partial charge >= 0.3 is 7.59 Å². The van der Waals surface area contributed by atoms with E-state index in [9.17, 15) is 4.57 Å². The molecule has 7 nitrogen and oxygen atoms in total. The summed E-state index contributed by atoms with van der Waals surface area (Å²) < 4.78 is 31.4. The van der Waals surface area contributed by atoms with Crippen LogP contribution in [0.25, 0.3) is 0 Å². The molecule has 3 N–H and O–H groups in total. The molecule has 0 spiro atoms. The molecule has 0 aromatic heterocycles. The number of rotatable bonds is 12. The molecule has 0 heterocycles. The highest BCUT2D eigenvalue weighted by Crippen LogP contribution is 2.50. The molecule has 0 saturated heterocycles. The van der Waals surface area contributed by atoms with Gasteiger partial charge in [0.05, 0.1) is 36.9 Å². The first-order valence-electron chi connectivity index (χ1n) is 10.7. The van der Waals surface area contributed by atoms with Crippen LogP contribution in [0.5, 0.6) is 17.2 Å². The van der Waals surface area contributed by atoms with Crippen LogP contribution in [0.4, 0.5) is 17.1 Å². The largest absolute Gasteiger partial charge is 0.492 e. The molecule has 0 saturated carbocycles. The average molecular weight is 455 g/mol. The Hall–Kier alpha value is -3.31. The Labute approximate surface area is 189 Å². The van der Waals surface area contributed by atoms with E-state index in [0.717, 1.165) is 0 Å². The van der Waals surface area contributed by atoms with Gasteiger partial charge in [-0.25, -0.2) is 0 Å². The fourth-order valence-corrected chi connectivity index (χ4v) is 4.85. The molecule has 0 aliphatic carbocycles. The molecule has 170 valence electrons. The van der Waals surface area contributed by atoms with Crippen molar-refractivity contribution in [1.82, 2.24) is 0 Å². The standard InChI is InChI=1S/C24H30N3O4P/c1-4-29-22-16-10-7-13-19(22)25-32(28,26-20-14-8-11-17-23(20)30-5-2)27-21-15-9-12-18-24(21)31-6-3/h7-18H,4-6H2,1-3H3,(H3,25,26,27,28). The summed E-state index contributed by atoms with van der Waals surface area (Å²) in [5, 5.41) is 9.42. The first-order valence-corrected chi connectivity index (χ1v) is 12.4. The van der Waals surface area contributed by atoms with Crippen molar-refractivity contribution >= 4 is 24.7 Å². The summed E-state index contributed by atoms with van der Waals surface area (Å²) in [5.41, 5.74) is 1.79. The molecule has 8 heteroatoms. The topological polar surface area (TPSA) is 80.9 Å². The first kappa shape index (κ1) is 23.4. The van der Waals surface area contributed by atoms with Gasteiger partial charge in [0.2, 0.25) is 0 Å². The lowest BCUT2D eigenvalue weighted by Crippen LogP contribution is -2.16. The Kier molecular flexibility index (Phi) is 8.28. The molecule has 32 heavy (non-hydrogen) atoms. The summed E-state index contributed by atoms with van der Waals surface area (Å²) in [6.07, 6.45) is 0. The van der Waals surface area contributed by atoms with Crippen molar-refractivity contribution in [1.29, 1.82) is 0 Å². The number of para-hydroxylation sites is 6. The number of hydrogen-bond acceptors (Lipinski definition) is 4. The van der Waals surface area contributed by atoms with Crippen molar-refractivity contribution in [2.24, 2.45) is 0 Å². The van der Waals surface area contributed by atoms with Gasteiger partial charge in [0.1, 0.15) is 17.2 Å². The minimum absolute atomic E-state index is 0.490. The van der Waals surface area contributed by atoms with Gasteiger partial charge in [-0.15, -0.1) is 0 Å². The van der Waals surface area contributed by atoms with Crippen LogP contribution in [0.3, 0.4) is 0 Å². The van der Waals surface area contributed by atoms with E-state index in [2.05, 4.69) is 15.3 Å². The third-order valence-corrected chi connectivity index (χ3v) is 6.06. The molecule has 0 radical (unpaired) electrons. The number of anilines is 3. The van der Waals surface area contributed by atoms with Crippen LogP contribution in [0.1, 0.15) is 20.8 Å². The van der Waals surface area contributed by atoms with E-state index < -0.39 is 7.59 Å². The predicted octanol–water partition coefficient (Wildman–Crippen LogP) is 6.63. The van der Waals surface area contributed by atoms with Crippen LogP contribution < -0.4 is 29.5 Å². The number of ether oxygens (including phenoxy) is 3. The van der Waals surface area contributed by atoms with Crippen molar-refractivity contribution in [2.75, 3.05) is 35.1 Å². The number of nitrogens with one attached hydrogen (secondary N) is 3. The van der Waals surface area contributed by atoms with E-state index in [-0.39, 0.29) is 0 Å². The summed E-state index contributed by atoms with van der Waals surface area (Å²) in [7, 11) is -3.53. The minimum atomic E-state index is -3.53. The monoisotopic (exact) mass is 455 g/mol. The minimum Gasteiger partial charge on any atom is -0.492 e. The Morgan fingerprint density at radius 2 is 0.844 bits per heavy atom. The van der Waals surface area contributed by atoms with Crippen molar-refractivity contribution in [2.45, 2.75) is 20.8 Å². The van der Waals surface area contributed by atoms with Crippen molar-refractivity contribution < 1.29 is 18.8 Å². The van der Waals surface area contributed by atoms with Crippen LogP contribution in [0.2, 0.25) is 0 Å². The second-order valence-corrected chi connectivity index (χ2v) is 8.62. The Morgan fingerprint density at radius 1 is 0.562 bits per heavy atom. The maximum Gasteiger partial charge on any atom is 0.353 e. The van der Waals surface area contributed by atoms with Crippen molar-refractivity contribution in [3.63, 3.8) is 0 Å². The number of hydrogen-bond donors (Lipinski definition) is 3. The highest BCUT2D eigenvalue weighted by molar-refractivity contribution is 7.68. The summed E-state index contributed by atoms with van der Waals surface area (Å²) in [5.74, 6) is 1.82. The predicted molar refractivity (Wildman–Crippen MR) is 131 cm³/mol. The molecule has 3 rings (SSSR count). The normalized spacial score (nSPS) is 10.8. The van der Waals surface area contributed by atoms with Crippen molar-refractivity contribution in [3.8, 4) is 17.2 Å². The fraction of sp³-hybridized carbons (Fsp3) is 0.250. The molecular formula is C24H30N3O4P. The summed E-state index contributed by atoms with van der Waals surface area (Å²) in [6, 6.07) is 22.2. The lowest BCUT2D eigenvalue weighted by atomic mass is 10.3. The van der Waals surface area contributed by atoms with Crippen LogP contribution in [-0.4, -0.2) is 19.8 Å². The SMILES string of the molecule is CCOc1ccccc1NP(=O)(Nc1ccccc1OCC)Nc1ccccc1OCC. The molecule has 3 aromatic carbocycles. The van der Waals surface area contributed by atoms with Gasteiger partial charge in [-0.2, -0.15) is 0 Å². The molecule has 0 bridgehead atoms. The van der Waals surface area contributed by atoms with Crippen LogP contribution in [-0.2, 0) is 4.57 Å². The summed E-state index contributed by atoms with van der Waals surface area (Å²) >= 11 is 0. The lowest BCUT2D eigenvalue weighted by Gasteiger charge is -2.26. The number of benzene rings is 3. The van der Waals surface area contributed by atoms with Gasteiger partial charge < -0.3 is 29.5 Å². The van der Waals surface area contributed by atoms with E-state index in [0.29, 0.717) is 54.1 Å². The van der Waals surface area contributed by atoms with Crippen LogP contribution in [0, 0.1) is 0 Å². The zero-order chi connectivity index (χ0) is 22.8. The highest BCUT2D eigenvalue weighted by Gasteiger charge is 2.26. The van der Waals surface area contributed by atoms with Crippen molar-refractivity contribution in [3.05, 3.63) is 72.8 Å². The van der Waals surface area contributed by atoms with Gasteiger partial charge in [0.15, 0.2) is 0 Å². The van der Waals surface area contributed by atoms with Crippen LogP contribution in [0.15, 0.2) is 72.8 Å². The molecular weight excluding hydrogens is 425 g/mol. The zero-order valence-electron chi connectivity index (χ0n) is 18.6. The van der Waals surface area contributed by atoms with Gasteiger partial charge in [0, 0.05) is 0 Å². The molecule has 0 fully saturated rings. The summed E-state index contributed by atoms with van der Waals surface area (Å²) in [4.78, 5) is 0. The van der Waals surface area contributed by atoms with E-state index >= 15 is 0 Å². The van der Waals surface area contributed by atoms with E-state index in [1.807, 2.05) is 93.6 Å². The van der Waals surface area contributed by atoms with E-state index in [4.69, 9.17) is 14.2 Å². The molecule has 0 unspecified atom stereocenters.